The summed E-state index contributed by atoms with van der Waals surface area (Å²) in [5, 5.41) is 3.76. The topological polar surface area (TPSA) is 52.7 Å². The van der Waals surface area contributed by atoms with Crippen molar-refractivity contribution >= 4 is 39.5 Å². The van der Waals surface area contributed by atoms with Crippen LogP contribution < -0.4 is 10.0 Å². The van der Waals surface area contributed by atoms with Crippen LogP contribution in [0.2, 0.25) is 5.02 Å². The van der Waals surface area contributed by atoms with E-state index in [0.29, 0.717) is 15.3 Å². The highest BCUT2D eigenvalue weighted by Gasteiger charge is 2.10. The van der Waals surface area contributed by atoms with Gasteiger partial charge in [0.15, 0.2) is 0 Å². The molecule has 1 heterocycles. The van der Waals surface area contributed by atoms with Crippen molar-refractivity contribution in [1.29, 1.82) is 0 Å². The SMILES string of the molecule is CNCCNSc1cc(-c2ncc(-c3ccc(Br)c(F)c3)[nH]2)ccc1Cl. The van der Waals surface area contributed by atoms with Crippen LogP contribution >= 0.6 is 39.5 Å². The number of likely N-dealkylation sites (N-methyl/N-ethyl adjacent to an activating group) is 1. The van der Waals surface area contributed by atoms with Crippen LogP contribution in [0.3, 0.4) is 0 Å². The van der Waals surface area contributed by atoms with Crippen molar-refractivity contribution in [3.8, 4) is 22.6 Å². The van der Waals surface area contributed by atoms with Crippen molar-refractivity contribution in [2.24, 2.45) is 0 Å². The zero-order chi connectivity index (χ0) is 18.5. The van der Waals surface area contributed by atoms with Crippen LogP contribution in [0.5, 0.6) is 0 Å². The predicted octanol–water partition coefficient (Wildman–Crippen LogP) is 5.11. The van der Waals surface area contributed by atoms with Crippen molar-refractivity contribution < 1.29 is 4.39 Å². The van der Waals surface area contributed by atoms with Crippen LogP contribution in [-0.4, -0.2) is 30.1 Å². The number of imidazole rings is 1. The van der Waals surface area contributed by atoms with Crippen LogP contribution in [-0.2, 0) is 0 Å². The van der Waals surface area contributed by atoms with E-state index in [-0.39, 0.29) is 5.82 Å². The Hall–Kier alpha value is -1.38. The first-order chi connectivity index (χ1) is 12.6. The van der Waals surface area contributed by atoms with Crippen molar-refractivity contribution in [2.75, 3.05) is 20.1 Å². The average molecular weight is 456 g/mol. The Labute approximate surface area is 169 Å². The fourth-order valence-electron chi connectivity index (χ4n) is 2.31. The van der Waals surface area contributed by atoms with E-state index in [4.69, 9.17) is 11.6 Å². The van der Waals surface area contributed by atoms with Gasteiger partial charge in [0.2, 0.25) is 0 Å². The van der Waals surface area contributed by atoms with E-state index in [1.54, 1.807) is 12.3 Å². The Balaban J connectivity index is 1.81. The molecule has 0 radical (unpaired) electrons. The number of nitrogens with zero attached hydrogens (tertiary/aromatic N) is 1. The van der Waals surface area contributed by atoms with Crippen molar-refractivity contribution in [3.05, 3.63) is 57.9 Å². The molecule has 0 aliphatic rings. The monoisotopic (exact) mass is 454 g/mol. The largest absolute Gasteiger partial charge is 0.338 e. The van der Waals surface area contributed by atoms with Gasteiger partial charge in [0, 0.05) is 29.1 Å². The molecular formula is C18H17BrClFN4S. The summed E-state index contributed by atoms with van der Waals surface area (Å²) >= 11 is 10.9. The molecule has 0 unspecified atom stereocenters. The zero-order valence-electron chi connectivity index (χ0n) is 13.9. The number of benzene rings is 2. The second-order valence-corrected chi connectivity index (χ2v) is 7.71. The third-order valence-corrected chi connectivity index (χ3v) is 5.66. The molecule has 0 spiro atoms. The van der Waals surface area contributed by atoms with Gasteiger partial charge >= 0.3 is 0 Å². The molecule has 0 saturated heterocycles. The number of nitrogens with one attached hydrogen (secondary N) is 3. The highest BCUT2D eigenvalue weighted by Crippen LogP contribution is 2.31. The Morgan fingerprint density at radius 2 is 2.00 bits per heavy atom. The molecular weight excluding hydrogens is 439 g/mol. The smallest absolute Gasteiger partial charge is 0.138 e. The first kappa shape index (κ1) is 19.4. The predicted molar refractivity (Wildman–Crippen MR) is 110 cm³/mol. The Kier molecular flexibility index (Phi) is 6.72. The summed E-state index contributed by atoms with van der Waals surface area (Å²) in [5.41, 5.74) is 2.40. The van der Waals surface area contributed by atoms with Crippen LogP contribution in [0.25, 0.3) is 22.6 Å². The van der Waals surface area contributed by atoms with Gasteiger partial charge in [0.1, 0.15) is 11.6 Å². The number of hydrogen-bond acceptors (Lipinski definition) is 4. The molecule has 0 bridgehead atoms. The van der Waals surface area contributed by atoms with E-state index in [2.05, 4.69) is 35.9 Å². The zero-order valence-corrected chi connectivity index (χ0v) is 17.1. The molecule has 3 rings (SSSR count). The quantitative estimate of drug-likeness (QED) is 0.342. The number of aromatic nitrogens is 2. The minimum atomic E-state index is -0.309. The molecule has 0 atom stereocenters. The van der Waals surface area contributed by atoms with Crippen LogP contribution in [0.1, 0.15) is 0 Å². The summed E-state index contributed by atoms with van der Waals surface area (Å²) in [4.78, 5) is 8.59. The lowest BCUT2D eigenvalue weighted by atomic mass is 10.2. The number of halogens is 3. The van der Waals surface area contributed by atoms with Crippen molar-refractivity contribution in [3.63, 3.8) is 0 Å². The van der Waals surface area contributed by atoms with Crippen molar-refractivity contribution in [1.82, 2.24) is 20.0 Å². The first-order valence-corrected chi connectivity index (χ1v) is 9.92. The maximum absolute atomic E-state index is 13.8. The summed E-state index contributed by atoms with van der Waals surface area (Å²) in [7, 11) is 1.91. The second kappa shape index (κ2) is 9.01. The first-order valence-electron chi connectivity index (χ1n) is 7.93. The molecule has 0 amide bonds. The van der Waals surface area contributed by atoms with E-state index in [0.717, 1.165) is 34.8 Å². The van der Waals surface area contributed by atoms with Crippen LogP contribution in [0.4, 0.5) is 4.39 Å². The minimum absolute atomic E-state index is 0.309. The normalized spacial score (nSPS) is 11.1. The van der Waals surface area contributed by atoms with Gasteiger partial charge < -0.3 is 10.3 Å². The fraction of sp³-hybridized carbons (Fsp3) is 0.167. The third-order valence-electron chi connectivity index (χ3n) is 3.67. The lowest BCUT2D eigenvalue weighted by molar-refractivity contribution is 0.621. The average Bonchev–Trinajstić information content (AvgIpc) is 3.12. The second-order valence-electron chi connectivity index (χ2n) is 5.52. The molecule has 3 N–H and O–H groups in total. The summed E-state index contributed by atoms with van der Waals surface area (Å²) in [6.45, 7) is 1.69. The number of aromatic amines is 1. The molecule has 0 saturated carbocycles. The summed E-state index contributed by atoms with van der Waals surface area (Å²) in [6, 6.07) is 10.7. The van der Waals surface area contributed by atoms with E-state index < -0.39 is 0 Å². The molecule has 26 heavy (non-hydrogen) atoms. The minimum Gasteiger partial charge on any atom is -0.338 e. The summed E-state index contributed by atoms with van der Waals surface area (Å²) in [5.74, 6) is 0.397. The standard InChI is InChI=1S/C18H17BrClFN4S/c1-22-6-7-24-26-17-9-12(3-5-14(17)20)18-23-10-16(25-18)11-2-4-13(19)15(21)8-11/h2-5,8-10,22,24H,6-7H2,1H3,(H,23,25). The summed E-state index contributed by atoms with van der Waals surface area (Å²) in [6.07, 6.45) is 1.70. The fourth-order valence-corrected chi connectivity index (χ4v) is 3.50. The Morgan fingerprint density at radius 3 is 2.77 bits per heavy atom. The van der Waals surface area contributed by atoms with Gasteiger partial charge in [-0.25, -0.2) is 9.37 Å². The highest BCUT2D eigenvalue weighted by atomic mass is 79.9. The van der Waals surface area contributed by atoms with Gasteiger partial charge in [0.25, 0.3) is 0 Å². The number of hydrogen-bond donors (Lipinski definition) is 3. The lowest BCUT2D eigenvalue weighted by Gasteiger charge is -2.07. The highest BCUT2D eigenvalue weighted by molar-refractivity contribution is 9.10. The van der Waals surface area contributed by atoms with Crippen LogP contribution in [0, 0.1) is 5.82 Å². The van der Waals surface area contributed by atoms with Gasteiger partial charge in [-0.3, -0.25) is 4.72 Å². The van der Waals surface area contributed by atoms with Gasteiger partial charge in [-0.15, -0.1) is 0 Å². The third kappa shape index (κ3) is 4.66. The maximum Gasteiger partial charge on any atom is 0.138 e. The van der Waals surface area contributed by atoms with Gasteiger partial charge in [-0.05, 0) is 65.3 Å². The Bertz CT molecular complexity index is 903. The van der Waals surface area contributed by atoms with Gasteiger partial charge in [-0.2, -0.15) is 0 Å². The van der Waals surface area contributed by atoms with E-state index in [1.165, 1.54) is 18.0 Å². The maximum atomic E-state index is 13.8. The number of H-pyrrole nitrogens is 1. The molecule has 0 aliphatic heterocycles. The van der Waals surface area contributed by atoms with E-state index in [9.17, 15) is 4.39 Å². The van der Waals surface area contributed by atoms with Gasteiger partial charge in [-0.1, -0.05) is 17.7 Å². The molecule has 0 aliphatic carbocycles. The van der Waals surface area contributed by atoms with E-state index in [1.807, 2.05) is 31.3 Å². The summed E-state index contributed by atoms with van der Waals surface area (Å²) < 4.78 is 17.4. The molecule has 4 nitrogen and oxygen atoms in total. The molecule has 8 heteroatoms. The lowest BCUT2D eigenvalue weighted by Crippen LogP contribution is -2.19. The molecule has 3 aromatic rings. The molecule has 2 aromatic carbocycles. The number of rotatable bonds is 7. The Morgan fingerprint density at radius 1 is 1.19 bits per heavy atom. The van der Waals surface area contributed by atoms with Gasteiger partial charge in [0.05, 0.1) is 21.4 Å². The molecule has 0 fully saturated rings. The molecule has 1 aromatic heterocycles. The molecule has 136 valence electrons. The van der Waals surface area contributed by atoms with E-state index >= 15 is 0 Å². The van der Waals surface area contributed by atoms with Crippen molar-refractivity contribution in [2.45, 2.75) is 4.90 Å². The van der Waals surface area contributed by atoms with Crippen LogP contribution in [0.15, 0.2) is 52.0 Å².